The highest BCUT2D eigenvalue weighted by atomic mass is 19.1. The molecular formula is C20H16FNO2. The van der Waals surface area contributed by atoms with Crippen molar-refractivity contribution >= 4 is 23.3 Å². The van der Waals surface area contributed by atoms with Gasteiger partial charge in [-0.05, 0) is 36.6 Å². The topological polar surface area (TPSA) is 37.4 Å². The van der Waals surface area contributed by atoms with Crippen LogP contribution in [0.4, 0.5) is 10.1 Å². The number of nitrogens with zero attached hydrogens (tertiary/aromatic N) is 1. The molecule has 0 atom stereocenters. The Morgan fingerprint density at radius 3 is 2.12 bits per heavy atom. The van der Waals surface area contributed by atoms with Gasteiger partial charge in [-0.15, -0.1) is 0 Å². The summed E-state index contributed by atoms with van der Waals surface area (Å²) in [5.74, 6) is -0.902. The number of benzene rings is 2. The number of Topliss-reactive ketones (excluding diaryl/α,β-unsaturated/α-hetero) is 2. The third-order valence-corrected chi connectivity index (χ3v) is 4.64. The van der Waals surface area contributed by atoms with Crippen molar-refractivity contribution in [1.29, 1.82) is 0 Å². The standard InChI is InChI=1S/C20H16FNO2/c21-17-12-13(7-8-18(17)22-9-3-4-10-22)11-16-19(23)14-5-1-2-6-15(14)20(16)24/h1-2,5-8,11-12H,3-4,9-10H2. The van der Waals surface area contributed by atoms with Crippen molar-refractivity contribution in [3.63, 3.8) is 0 Å². The summed E-state index contributed by atoms with van der Waals surface area (Å²) in [6.45, 7) is 1.73. The zero-order valence-corrected chi connectivity index (χ0v) is 13.1. The molecule has 2 aromatic rings. The highest BCUT2D eigenvalue weighted by Crippen LogP contribution is 2.29. The highest BCUT2D eigenvalue weighted by Gasteiger charge is 2.32. The minimum atomic E-state index is -0.318. The summed E-state index contributed by atoms with van der Waals surface area (Å²) in [5, 5.41) is 0. The summed E-state index contributed by atoms with van der Waals surface area (Å²) in [4.78, 5) is 26.8. The molecule has 4 heteroatoms. The predicted octanol–water partition coefficient (Wildman–Crippen LogP) is 3.89. The summed E-state index contributed by atoms with van der Waals surface area (Å²) < 4.78 is 14.4. The lowest BCUT2D eigenvalue weighted by molar-refractivity contribution is 0.0990. The number of anilines is 1. The second kappa shape index (κ2) is 5.71. The zero-order chi connectivity index (χ0) is 16.7. The van der Waals surface area contributed by atoms with Gasteiger partial charge in [-0.25, -0.2) is 4.39 Å². The Kier molecular flexibility index (Phi) is 3.53. The fraction of sp³-hybridized carbons (Fsp3) is 0.200. The lowest BCUT2D eigenvalue weighted by atomic mass is 10.1. The summed E-state index contributed by atoms with van der Waals surface area (Å²) in [7, 11) is 0. The SMILES string of the molecule is O=C1C(=Cc2ccc(N3CCCC3)c(F)c2)C(=O)c2ccccc21. The molecule has 0 saturated carbocycles. The molecule has 0 amide bonds. The first-order chi connectivity index (χ1) is 11.6. The van der Waals surface area contributed by atoms with E-state index in [1.807, 2.05) is 4.90 Å². The molecule has 120 valence electrons. The van der Waals surface area contributed by atoms with Gasteiger partial charge in [0.05, 0.1) is 11.3 Å². The van der Waals surface area contributed by atoms with Crippen LogP contribution in [0.2, 0.25) is 0 Å². The van der Waals surface area contributed by atoms with Gasteiger partial charge in [-0.1, -0.05) is 30.3 Å². The monoisotopic (exact) mass is 321 g/mol. The van der Waals surface area contributed by atoms with Crippen LogP contribution in [-0.2, 0) is 0 Å². The number of rotatable bonds is 2. The van der Waals surface area contributed by atoms with Gasteiger partial charge in [-0.3, -0.25) is 9.59 Å². The molecule has 1 aliphatic carbocycles. The van der Waals surface area contributed by atoms with E-state index < -0.39 is 0 Å². The molecule has 2 aromatic carbocycles. The normalized spacial score (nSPS) is 16.7. The second-order valence-corrected chi connectivity index (χ2v) is 6.17. The van der Waals surface area contributed by atoms with Crippen molar-refractivity contribution in [1.82, 2.24) is 0 Å². The number of hydrogen-bond acceptors (Lipinski definition) is 3. The van der Waals surface area contributed by atoms with E-state index in [1.165, 1.54) is 12.1 Å². The largest absolute Gasteiger partial charge is 0.369 e. The Morgan fingerprint density at radius 1 is 0.917 bits per heavy atom. The van der Waals surface area contributed by atoms with Gasteiger partial charge in [0.15, 0.2) is 11.6 Å². The number of halogens is 1. The van der Waals surface area contributed by atoms with Crippen molar-refractivity contribution in [3.8, 4) is 0 Å². The summed E-state index contributed by atoms with van der Waals surface area (Å²) in [6, 6.07) is 11.6. The maximum Gasteiger partial charge on any atom is 0.197 e. The quantitative estimate of drug-likeness (QED) is 0.622. The smallest absolute Gasteiger partial charge is 0.197 e. The fourth-order valence-corrected chi connectivity index (χ4v) is 3.40. The first-order valence-electron chi connectivity index (χ1n) is 8.10. The molecular weight excluding hydrogens is 305 g/mol. The number of ketones is 2. The van der Waals surface area contributed by atoms with Crippen LogP contribution in [-0.4, -0.2) is 24.7 Å². The van der Waals surface area contributed by atoms with Crippen LogP contribution in [0.25, 0.3) is 6.08 Å². The maximum atomic E-state index is 14.4. The Morgan fingerprint density at radius 2 is 1.54 bits per heavy atom. The second-order valence-electron chi connectivity index (χ2n) is 6.17. The van der Waals surface area contributed by atoms with E-state index in [1.54, 1.807) is 36.4 Å². The van der Waals surface area contributed by atoms with Crippen LogP contribution in [0.15, 0.2) is 48.0 Å². The first-order valence-corrected chi connectivity index (χ1v) is 8.10. The molecule has 1 aliphatic heterocycles. The Labute approximate surface area is 139 Å². The number of fused-ring (bicyclic) bond motifs is 1. The molecule has 4 rings (SSSR count). The van der Waals surface area contributed by atoms with E-state index in [-0.39, 0.29) is 23.0 Å². The van der Waals surface area contributed by atoms with E-state index >= 15 is 0 Å². The van der Waals surface area contributed by atoms with E-state index in [9.17, 15) is 14.0 Å². The number of allylic oxidation sites excluding steroid dienone is 1. The van der Waals surface area contributed by atoms with E-state index in [0.29, 0.717) is 22.4 Å². The molecule has 2 aliphatic rings. The maximum absolute atomic E-state index is 14.4. The van der Waals surface area contributed by atoms with Crippen LogP contribution in [0.1, 0.15) is 39.1 Å². The predicted molar refractivity (Wildman–Crippen MR) is 90.9 cm³/mol. The van der Waals surface area contributed by atoms with Gasteiger partial charge in [0.2, 0.25) is 0 Å². The first kappa shape index (κ1) is 14.8. The molecule has 0 spiro atoms. The summed E-state index contributed by atoms with van der Waals surface area (Å²) in [6.07, 6.45) is 3.64. The van der Waals surface area contributed by atoms with Crippen LogP contribution < -0.4 is 4.90 Å². The number of carbonyl (C=O) groups is 2. The Balaban J connectivity index is 1.68. The minimum Gasteiger partial charge on any atom is -0.369 e. The Hall–Kier alpha value is -2.75. The van der Waals surface area contributed by atoms with E-state index in [0.717, 1.165) is 25.9 Å². The molecule has 1 fully saturated rings. The molecule has 0 aromatic heterocycles. The zero-order valence-electron chi connectivity index (χ0n) is 13.1. The summed E-state index contributed by atoms with van der Waals surface area (Å²) >= 11 is 0. The summed E-state index contributed by atoms with van der Waals surface area (Å²) in [5.41, 5.74) is 2.05. The number of carbonyl (C=O) groups excluding carboxylic acids is 2. The molecule has 3 nitrogen and oxygen atoms in total. The molecule has 0 bridgehead atoms. The van der Waals surface area contributed by atoms with Gasteiger partial charge in [-0.2, -0.15) is 0 Å². The molecule has 1 saturated heterocycles. The van der Waals surface area contributed by atoms with Crippen molar-refractivity contribution in [2.45, 2.75) is 12.8 Å². The van der Waals surface area contributed by atoms with E-state index in [4.69, 9.17) is 0 Å². The minimum absolute atomic E-state index is 0.101. The van der Waals surface area contributed by atoms with Crippen LogP contribution in [0, 0.1) is 5.82 Å². The van der Waals surface area contributed by atoms with Gasteiger partial charge < -0.3 is 4.90 Å². The molecule has 0 radical (unpaired) electrons. The Bertz CT molecular complexity index is 842. The van der Waals surface area contributed by atoms with Crippen molar-refractivity contribution in [2.75, 3.05) is 18.0 Å². The number of hydrogen-bond donors (Lipinski definition) is 0. The third kappa shape index (κ3) is 2.35. The van der Waals surface area contributed by atoms with Crippen molar-refractivity contribution in [2.24, 2.45) is 0 Å². The van der Waals surface area contributed by atoms with Gasteiger partial charge >= 0.3 is 0 Å². The lowest BCUT2D eigenvalue weighted by Gasteiger charge is -2.18. The molecule has 1 heterocycles. The third-order valence-electron chi connectivity index (χ3n) is 4.64. The average Bonchev–Trinajstić information content (AvgIpc) is 3.19. The van der Waals surface area contributed by atoms with Crippen molar-refractivity contribution in [3.05, 3.63) is 70.5 Å². The molecule has 0 unspecified atom stereocenters. The molecule has 24 heavy (non-hydrogen) atoms. The van der Waals surface area contributed by atoms with Gasteiger partial charge in [0, 0.05) is 24.2 Å². The van der Waals surface area contributed by atoms with Crippen LogP contribution in [0.3, 0.4) is 0 Å². The van der Waals surface area contributed by atoms with Gasteiger partial charge in [0.1, 0.15) is 5.82 Å². The highest BCUT2D eigenvalue weighted by molar-refractivity contribution is 6.41. The van der Waals surface area contributed by atoms with Crippen LogP contribution >= 0.6 is 0 Å². The lowest BCUT2D eigenvalue weighted by Crippen LogP contribution is -2.18. The average molecular weight is 321 g/mol. The van der Waals surface area contributed by atoms with Crippen molar-refractivity contribution < 1.29 is 14.0 Å². The fourth-order valence-electron chi connectivity index (χ4n) is 3.40. The van der Waals surface area contributed by atoms with Crippen LogP contribution in [0.5, 0.6) is 0 Å². The molecule has 0 N–H and O–H groups in total. The van der Waals surface area contributed by atoms with Gasteiger partial charge in [0.25, 0.3) is 0 Å². The van der Waals surface area contributed by atoms with E-state index in [2.05, 4.69) is 0 Å².